The van der Waals surface area contributed by atoms with Crippen molar-refractivity contribution in [3.8, 4) is 11.5 Å². The number of hydrogen-bond donors (Lipinski definition) is 1. The smallest absolute Gasteiger partial charge is 0.123 e. The molecule has 0 aliphatic carbocycles. The van der Waals surface area contributed by atoms with Gasteiger partial charge in [0.2, 0.25) is 0 Å². The highest BCUT2D eigenvalue weighted by molar-refractivity contribution is 5.44. The topological polar surface area (TPSA) is 30.5 Å². The molecule has 0 amide bonds. The Kier molecular flexibility index (Phi) is 5.67. The quantitative estimate of drug-likeness (QED) is 0.855. The molecule has 19 heavy (non-hydrogen) atoms. The molecule has 0 aliphatic heterocycles. The molecule has 0 saturated carbocycles. The summed E-state index contributed by atoms with van der Waals surface area (Å²) in [7, 11) is 3.66. The zero-order valence-corrected chi connectivity index (χ0v) is 13.0. The lowest BCUT2D eigenvalue weighted by atomic mass is 9.86. The van der Waals surface area contributed by atoms with Crippen molar-refractivity contribution in [2.24, 2.45) is 0 Å². The van der Waals surface area contributed by atoms with Crippen molar-refractivity contribution in [3.63, 3.8) is 0 Å². The summed E-state index contributed by atoms with van der Waals surface area (Å²) in [6, 6.07) is 6.49. The molecule has 1 rings (SSSR count). The van der Waals surface area contributed by atoms with Gasteiger partial charge in [-0.3, -0.25) is 0 Å². The van der Waals surface area contributed by atoms with Gasteiger partial charge in [0.15, 0.2) is 0 Å². The molecule has 0 radical (unpaired) electrons. The standard InChI is InChI=1S/C16H27NO2/c1-12(17-5)9-10-19-15-8-7-13(18-6)11-14(15)16(2,3)4/h7-8,11-12,17H,9-10H2,1-6H3. The highest BCUT2D eigenvalue weighted by Gasteiger charge is 2.20. The SMILES string of the molecule is CNC(C)CCOc1ccc(OC)cc1C(C)(C)C. The van der Waals surface area contributed by atoms with Crippen LogP contribution in [0.4, 0.5) is 0 Å². The maximum atomic E-state index is 5.94. The Labute approximate surface area is 117 Å². The Morgan fingerprint density at radius 2 is 1.95 bits per heavy atom. The zero-order valence-electron chi connectivity index (χ0n) is 13.0. The maximum Gasteiger partial charge on any atom is 0.123 e. The molecule has 0 aliphatic rings. The van der Waals surface area contributed by atoms with Gasteiger partial charge in [-0.15, -0.1) is 0 Å². The summed E-state index contributed by atoms with van der Waals surface area (Å²) in [4.78, 5) is 0. The van der Waals surface area contributed by atoms with Crippen LogP contribution in [0.25, 0.3) is 0 Å². The van der Waals surface area contributed by atoms with E-state index >= 15 is 0 Å². The molecule has 1 aromatic rings. The van der Waals surface area contributed by atoms with Gasteiger partial charge >= 0.3 is 0 Å². The van der Waals surface area contributed by atoms with Gasteiger partial charge in [-0.1, -0.05) is 20.8 Å². The maximum absolute atomic E-state index is 5.94. The summed E-state index contributed by atoms with van der Waals surface area (Å²) in [5.41, 5.74) is 1.22. The van der Waals surface area contributed by atoms with E-state index in [2.05, 4.69) is 39.1 Å². The third-order valence-electron chi connectivity index (χ3n) is 3.30. The van der Waals surface area contributed by atoms with Crippen molar-refractivity contribution >= 4 is 0 Å². The Morgan fingerprint density at radius 1 is 1.26 bits per heavy atom. The third kappa shape index (κ3) is 4.75. The molecule has 1 atom stereocenters. The fourth-order valence-electron chi connectivity index (χ4n) is 1.84. The first kappa shape index (κ1) is 15.8. The molecule has 108 valence electrons. The highest BCUT2D eigenvalue weighted by Crippen LogP contribution is 2.34. The first-order valence-corrected chi connectivity index (χ1v) is 6.87. The number of methoxy groups -OCH3 is 1. The number of rotatable bonds is 6. The zero-order chi connectivity index (χ0) is 14.5. The Hall–Kier alpha value is -1.22. The molecule has 3 nitrogen and oxygen atoms in total. The number of benzene rings is 1. The number of hydrogen-bond acceptors (Lipinski definition) is 3. The van der Waals surface area contributed by atoms with E-state index < -0.39 is 0 Å². The van der Waals surface area contributed by atoms with Crippen LogP contribution in [-0.4, -0.2) is 26.8 Å². The minimum atomic E-state index is 0.0402. The monoisotopic (exact) mass is 265 g/mol. The van der Waals surface area contributed by atoms with Gasteiger partial charge in [-0.2, -0.15) is 0 Å². The molecular weight excluding hydrogens is 238 g/mol. The Balaban J connectivity index is 2.82. The largest absolute Gasteiger partial charge is 0.497 e. The van der Waals surface area contributed by atoms with Crippen molar-refractivity contribution in [1.82, 2.24) is 5.32 Å². The number of nitrogens with one attached hydrogen (secondary N) is 1. The summed E-state index contributed by atoms with van der Waals surface area (Å²) in [5.74, 6) is 1.83. The van der Waals surface area contributed by atoms with Gasteiger partial charge in [0, 0.05) is 11.6 Å². The van der Waals surface area contributed by atoms with E-state index in [4.69, 9.17) is 9.47 Å². The molecule has 3 heteroatoms. The fraction of sp³-hybridized carbons (Fsp3) is 0.625. The summed E-state index contributed by atoms with van der Waals surface area (Å²) in [6.07, 6.45) is 0.992. The molecule has 1 unspecified atom stereocenters. The van der Waals surface area contributed by atoms with Crippen LogP contribution in [0, 0.1) is 0 Å². The van der Waals surface area contributed by atoms with Gasteiger partial charge in [0.05, 0.1) is 13.7 Å². The summed E-state index contributed by atoms with van der Waals surface area (Å²) >= 11 is 0. The van der Waals surface area contributed by atoms with Crippen LogP contribution in [0.2, 0.25) is 0 Å². The van der Waals surface area contributed by atoms with Crippen molar-refractivity contribution < 1.29 is 9.47 Å². The molecule has 0 bridgehead atoms. The van der Waals surface area contributed by atoms with Crippen molar-refractivity contribution in [2.75, 3.05) is 20.8 Å². The first-order chi connectivity index (χ1) is 8.88. The van der Waals surface area contributed by atoms with E-state index in [1.165, 1.54) is 5.56 Å². The molecule has 0 aromatic heterocycles. The lowest BCUT2D eigenvalue weighted by Gasteiger charge is -2.24. The predicted molar refractivity (Wildman–Crippen MR) is 80.3 cm³/mol. The van der Waals surface area contributed by atoms with Crippen molar-refractivity contribution in [1.29, 1.82) is 0 Å². The number of ether oxygens (including phenoxy) is 2. The van der Waals surface area contributed by atoms with Gasteiger partial charge < -0.3 is 14.8 Å². The van der Waals surface area contributed by atoms with Gasteiger partial charge in [0.25, 0.3) is 0 Å². The van der Waals surface area contributed by atoms with Crippen molar-refractivity contribution in [2.45, 2.75) is 45.6 Å². The van der Waals surface area contributed by atoms with E-state index in [1.54, 1.807) is 7.11 Å². The molecule has 0 fully saturated rings. The van der Waals surface area contributed by atoms with Crippen LogP contribution >= 0.6 is 0 Å². The van der Waals surface area contributed by atoms with Crippen LogP contribution in [0.1, 0.15) is 39.7 Å². The van der Waals surface area contributed by atoms with E-state index in [-0.39, 0.29) is 5.41 Å². The van der Waals surface area contributed by atoms with E-state index in [9.17, 15) is 0 Å². The van der Waals surface area contributed by atoms with E-state index in [0.717, 1.165) is 24.5 Å². The summed E-state index contributed by atoms with van der Waals surface area (Å²) < 4.78 is 11.2. The second-order valence-corrected chi connectivity index (χ2v) is 5.94. The highest BCUT2D eigenvalue weighted by atomic mass is 16.5. The summed E-state index contributed by atoms with van der Waals surface area (Å²) in [5, 5.41) is 3.21. The Bertz CT molecular complexity index is 396. The van der Waals surface area contributed by atoms with Gasteiger partial charge in [0.1, 0.15) is 11.5 Å². The average Bonchev–Trinajstić information content (AvgIpc) is 2.37. The van der Waals surface area contributed by atoms with Crippen LogP contribution < -0.4 is 14.8 Å². The van der Waals surface area contributed by atoms with Gasteiger partial charge in [-0.05, 0) is 44.0 Å². The van der Waals surface area contributed by atoms with Gasteiger partial charge in [-0.25, -0.2) is 0 Å². The second-order valence-electron chi connectivity index (χ2n) is 5.94. The third-order valence-corrected chi connectivity index (χ3v) is 3.30. The minimum absolute atomic E-state index is 0.0402. The van der Waals surface area contributed by atoms with Crippen LogP contribution in [0.3, 0.4) is 0 Å². The molecule has 1 N–H and O–H groups in total. The molecule has 0 spiro atoms. The fourth-order valence-corrected chi connectivity index (χ4v) is 1.84. The molecular formula is C16H27NO2. The van der Waals surface area contributed by atoms with Crippen LogP contribution in [-0.2, 0) is 5.41 Å². The predicted octanol–water partition coefficient (Wildman–Crippen LogP) is 3.37. The Morgan fingerprint density at radius 3 is 2.47 bits per heavy atom. The lowest BCUT2D eigenvalue weighted by Crippen LogP contribution is -2.23. The van der Waals surface area contributed by atoms with E-state index in [1.807, 2.05) is 19.2 Å². The molecule has 1 aromatic carbocycles. The second kappa shape index (κ2) is 6.80. The first-order valence-electron chi connectivity index (χ1n) is 6.87. The van der Waals surface area contributed by atoms with Crippen LogP contribution in [0.5, 0.6) is 11.5 Å². The van der Waals surface area contributed by atoms with Crippen molar-refractivity contribution in [3.05, 3.63) is 23.8 Å². The summed E-state index contributed by atoms with van der Waals surface area (Å²) in [6.45, 7) is 9.43. The van der Waals surface area contributed by atoms with Crippen LogP contribution in [0.15, 0.2) is 18.2 Å². The normalized spacial score (nSPS) is 13.2. The molecule has 0 saturated heterocycles. The van der Waals surface area contributed by atoms with E-state index in [0.29, 0.717) is 6.04 Å². The average molecular weight is 265 g/mol. The molecule has 0 heterocycles. The minimum Gasteiger partial charge on any atom is -0.497 e. The lowest BCUT2D eigenvalue weighted by molar-refractivity contribution is 0.286.